The number of carbonyl (C=O) groups is 1. The SMILES string of the molecule is COc1ccc(S(=O)(=O)NC(C)c2ccccc2C)cc1C(=O)O. The van der Waals surface area contributed by atoms with E-state index in [4.69, 9.17) is 4.74 Å². The zero-order valence-electron chi connectivity index (χ0n) is 13.6. The average Bonchev–Trinajstić information content (AvgIpc) is 2.54. The normalized spacial score (nSPS) is 12.6. The van der Waals surface area contributed by atoms with Crippen LogP contribution in [0.15, 0.2) is 47.4 Å². The number of ether oxygens (including phenoxy) is 1. The maximum Gasteiger partial charge on any atom is 0.339 e. The van der Waals surface area contributed by atoms with Crippen molar-refractivity contribution < 1.29 is 23.1 Å². The monoisotopic (exact) mass is 349 g/mol. The van der Waals surface area contributed by atoms with Gasteiger partial charge >= 0.3 is 5.97 Å². The number of carboxylic acid groups (broad SMARTS) is 1. The van der Waals surface area contributed by atoms with Crippen molar-refractivity contribution in [1.29, 1.82) is 0 Å². The number of methoxy groups -OCH3 is 1. The Bertz CT molecular complexity index is 861. The molecule has 0 amide bonds. The maximum absolute atomic E-state index is 12.6. The van der Waals surface area contributed by atoms with Crippen LogP contribution in [0.2, 0.25) is 0 Å². The summed E-state index contributed by atoms with van der Waals surface area (Å²) in [6, 6.07) is 10.7. The van der Waals surface area contributed by atoms with Gasteiger partial charge in [0.1, 0.15) is 11.3 Å². The maximum atomic E-state index is 12.6. The molecule has 2 aromatic rings. The third-order valence-electron chi connectivity index (χ3n) is 3.70. The molecule has 0 saturated carbocycles. The number of rotatable bonds is 6. The molecular formula is C17H19NO5S. The summed E-state index contributed by atoms with van der Waals surface area (Å²) < 4.78 is 32.6. The van der Waals surface area contributed by atoms with Gasteiger partial charge in [0.05, 0.1) is 12.0 Å². The number of carboxylic acids is 1. The lowest BCUT2D eigenvalue weighted by atomic mass is 10.0. The molecule has 24 heavy (non-hydrogen) atoms. The van der Waals surface area contributed by atoms with Gasteiger partial charge in [-0.3, -0.25) is 0 Å². The van der Waals surface area contributed by atoms with Gasteiger partial charge in [0.25, 0.3) is 0 Å². The Kier molecular flexibility index (Phi) is 5.26. The molecule has 0 aliphatic heterocycles. The molecule has 6 nitrogen and oxygen atoms in total. The van der Waals surface area contributed by atoms with Crippen LogP contribution in [0.25, 0.3) is 0 Å². The fraction of sp³-hybridized carbons (Fsp3) is 0.235. The quantitative estimate of drug-likeness (QED) is 0.836. The summed E-state index contributed by atoms with van der Waals surface area (Å²) in [6.07, 6.45) is 0. The molecule has 0 heterocycles. The second-order valence-corrected chi connectivity index (χ2v) is 7.08. The summed E-state index contributed by atoms with van der Waals surface area (Å²) in [5.41, 5.74) is 1.62. The Morgan fingerprint density at radius 3 is 2.46 bits per heavy atom. The number of sulfonamides is 1. The first kappa shape index (κ1) is 18.0. The van der Waals surface area contributed by atoms with Gasteiger partial charge in [0, 0.05) is 6.04 Å². The number of aryl methyl sites for hydroxylation is 1. The molecule has 0 aliphatic rings. The van der Waals surface area contributed by atoms with E-state index in [0.717, 1.165) is 17.2 Å². The Morgan fingerprint density at radius 1 is 1.21 bits per heavy atom. The summed E-state index contributed by atoms with van der Waals surface area (Å²) in [7, 11) is -2.55. The van der Waals surface area contributed by atoms with Crippen molar-refractivity contribution >= 4 is 16.0 Å². The molecule has 0 aromatic heterocycles. The highest BCUT2D eigenvalue weighted by Gasteiger charge is 2.22. The molecule has 0 aliphatic carbocycles. The number of nitrogens with one attached hydrogen (secondary N) is 1. The Morgan fingerprint density at radius 2 is 1.88 bits per heavy atom. The highest BCUT2D eigenvalue weighted by atomic mass is 32.2. The number of benzene rings is 2. The van der Waals surface area contributed by atoms with E-state index in [0.29, 0.717) is 0 Å². The predicted octanol–water partition coefficient (Wildman–Crippen LogP) is 2.74. The Hall–Kier alpha value is -2.38. The fourth-order valence-corrected chi connectivity index (χ4v) is 3.71. The highest BCUT2D eigenvalue weighted by molar-refractivity contribution is 7.89. The zero-order valence-corrected chi connectivity index (χ0v) is 14.4. The minimum absolute atomic E-state index is 0.105. The molecule has 2 rings (SSSR count). The summed E-state index contributed by atoms with van der Waals surface area (Å²) in [5.74, 6) is -1.15. The molecule has 2 aromatic carbocycles. The van der Waals surface area contributed by atoms with Gasteiger partial charge in [-0.2, -0.15) is 0 Å². The average molecular weight is 349 g/mol. The second kappa shape index (κ2) is 7.02. The van der Waals surface area contributed by atoms with Crippen molar-refractivity contribution in [2.24, 2.45) is 0 Å². The minimum atomic E-state index is -3.87. The van der Waals surface area contributed by atoms with Crippen LogP contribution in [-0.4, -0.2) is 26.6 Å². The van der Waals surface area contributed by atoms with Gasteiger partial charge < -0.3 is 9.84 Å². The van der Waals surface area contributed by atoms with Crippen LogP contribution in [0.5, 0.6) is 5.75 Å². The van der Waals surface area contributed by atoms with Gasteiger partial charge in [-0.05, 0) is 43.2 Å². The molecular weight excluding hydrogens is 330 g/mol. The standard InChI is InChI=1S/C17H19NO5S/c1-11-6-4-5-7-14(11)12(2)18-24(21,22)13-8-9-16(23-3)15(10-13)17(19)20/h4-10,12,18H,1-3H3,(H,19,20). The molecule has 0 bridgehead atoms. The molecule has 1 atom stereocenters. The van der Waals surface area contributed by atoms with Gasteiger partial charge in [0.2, 0.25) is 10.0 Å². The van der Waals surface area contributed by atoms with Crippen LogP contribution in [0.4, 0.5) is 0 Å². The summed E-state index contributed by atoms with van der Waals surface area (Å²) in [4.78, 5) is 11.1. The van der Waals surface area contributed by atoms with Gasteiger partial charge in [0.15, 0.2) is 0 Å². The van der Waals surface area contributed by atoms with E-state index in [2.05, 4.69) is 4.72 Å². The summed E-state index contributed by atoms with van der Waals surface area (Å²) >= 11 is 0. The third kappa shape index (κ3) is 3.74. The van der Waals surface area contributed by atoms with Gasteiger partial charge in [-0.15, -0.1) is 0 Å². The number of hydrogen-bond donors (Lipinski definition) is 2. The van der Waals surface area contributed by atoms with E-state index in [1.165, 1.54) is 19.2 Å². The molecule has 0 radical (unpaired) electrons. The van der Waals surface area contributed by atoms with Crippen molar-refractivity contribution in [2.45, 2.75) is 24.8 Å². The molecule has 0 spiro atoms. The highest BCUT2D eigenvalue weighted by Crippen LogP contribution is 2.24. The summed E-state index contributed by atoms with van der Waals surface area (Å²) in [6.45, 7) is 3.64. The Balaban J connectivity index is 2.36. The molecule has 128 valence electrons. The van der Waals surface area contributed by atoms with Crippen molar-refractivity contribution in [3.8, 4) is 5.75 Å². The first-order chi connectivity index (χ1) is 11.3. The first-order valence-electron chi connectivity index (χ1n) is 7.25. The van der Waals surface area contributed by atoms with Gasteiger partial charge in [-0.1, -0.05) is 24.3 Å². The topological polar surface area (TPSA) is 92.7 Å². The molecule has 0 saturated heterocycles. The zero-order chi connectivity index (χ0) is 17.9. The van der Waals surface area contributed by atoms with E-state index in [-0.39, 0.29) is 16.2 Å². The van der Waals surface area contributed by atoms with Crippen LogP contribution < -0.4 is 9.46 Å². The van der Waals surface area contributed by atoms with Crippen LogP contribution >= 0.6 is 0 Å². The fourth-order valence-electron chi connectivity index (χ4n) is 2.46. The smallest absolute Gasteiger partial charge is 0.339 e. The molecule has 7 heteroatoms. The van der Waals surface area contributed by atoms with Crippen molar-refractivity contribution in [2.75, 3.05) is 7.11 Å². The van der Waals surface area contributed by atoms with Crippen LogP contribution in [0, 0.1) is 6.92 Å². The predicted molar refractivity (Wildman–Crippen MR) is 89.9 cm³/mol. The van der Waals surface area contributed by atoms with E-state index in [9.17, 15) is 18.3 Å². The minimum Gasteiger partial charge on any atom is -0.496 e. The van der Waals surface area contributed by atoms with E-state index >= 15 is 0 Å². The second-order valence-electron chi connectivity index (χ2n) is 5.37. The third-order valence-corrected chi connectivity index (χ3v) is 5.24. The largest absolute Gasteiger partial charge is 0.496 e. The van der Waals surface area contributed by atoms with E-state index in [1.54, 1.807) is 6.92 Å². The number of hydrogen-bond acceptors (Lipinski definition) is 4. The molecule has 1 unspecified atom stereocenters. The molecule has 2 N–H and O–H groups in total. The van der Waals surface area contributed by atoms with E-state index < -0.39 is 22.0 Å². The lowest BCUT2D eigenvalue weighted by molar-refractivity contribution is 0.0693. The lowest BCUT2D eigenvalue weighted by Gasteiger charge is -2.17. The van der Waals surface area contributed by atoms with E-state index in [1.807, 2.05) is 31.2 Å². The number of aromatic carboxylic acids is 1. The van der Waals surface area contributed by atoms with Crippen LogP contribution in [0.3, 0.4) is 0 Å². The molecule has 0 fully saturated rings. The van der Waals surface area contributed by atoms with Crippen molar-refractivity contribution in [3.63, 3.8) is 0 Å². The van der Waals surface area contributed by atoms with Crippen LogP contribution in [0.1, 0.15) is 34.5 Å². The van der Waals surface area contributed by atoms with Crippen molar-refractivity contribution in [3.05, 3.63) is 59.2 Å². The Labute approximate surface area is 141 Å². The first-order valence-corrected chi connectivity index (χ1v) is 8.73. The lowest BCUT2D eigenvalue weighted by Crippen LogP contribution is -2.27. The summed E-state index contributed by atoms with van der Waals surface area (Å²) in [5, 5.41) is 9.19. The van der Waals surface area contributed by atoms with Crippen LogP contribution in [-0.2, 0) is 10.0 Å². The van der Waals surface area contributed by atoms with Gasteiger partial charge in [-0.25, -0.2) is 17.9 Å². The van der Waals surface area contributed by atoms with Crippen molar-refractivity contribution in [1.82, 2.24) is 4.72 Å².